The van der Waals surface area contributed by atoms with E-state index in [0.29, 0.717) is 24.5 Å². The molecule has 0 spiro atoms. The highest BCUT2D eigenvalue weighted by Gasteiger charge is 2.20. The molecule has 0 saturated carbocycles. The number of rotatable bonds is 6. The van der Waals surface area contributed by atoms with Gasteiger partial charge in [-0.3, -0.25) is 4.31 Å². The summed E-state index contributed by atoms with van der Waals surface area (Å²) in [6.45, 7) is 4.48. The standard InChI is InChI=1S/C11H19N3O2S/c1-3-8-14(17(15,16)13-4-2)11-7-5-6-10(12)9-11/h5-7,9,13H,3-4,8,12H2,1-2H3. The topological polar surface area (TPSA) is 75.4 Å². The van der Waals surface area contributed by atoms with Gasteiger partial charge in [0.2, 0.25) is 0 Å². The molecule has 0 aliphatic rings. The molecule has 96 valence electrons. The maximum atomic E-state index is 12.0. The zero-order valence-electron chi connectivity index (χ0n) is 10.2. The highest BCUT2D eigenvalue weighted by molar-refractivity contribution is 7.90. The SMILES string of the molecule is CCCN(c1cccc(N)c1)S(=O)(=O)NCC. The fraction of sp³-hybridized carbons (Fsp3) is 0.455. The number of hydrogen-bond acceptors (Lipinski definition) is 3. The largest absolute Gasteiger partial charge is 0.399 e. The van der Waals surface area contributed by atoms with Crippen LogP contribution in [0.5, 0.6) is 0 Å². The Hall–Kier alpha value is -1.27. The molecule has 0 bridgehead atoms. The molecule has 0 radical (unpaired) electrons. The summed E-state index contributed by atoms with van der Waals surface area (Å²) in [4.78, 5) is 0. The Balaban J connectivity index is 3.09. The minimum Gasteiger partial charge on any atom is -0.399 e. The van der Waals surface area contributed by atoms with Gasteiger partial charge in [0.25, 0.3) is 0 Å². The van der Waals surface area contributed by atoms with Crippen LogP contribution < -0.4 is 14.8 Å². The smallest absolute Gasteiger partial charge is 0.301 e. The average molecular weight is 257 g/mol. The second-order valence-corrected chi connectivity index (χ2v) is 5.35. The first kappa shape index (κ1) is 13.8. The molecule has 0 saturated heterocycles. The van der Waals surface area contributed by atoms with E-state index in [1.54, 1.807) is 31.2 Å². The first-order chi connectivity index (χ1) is 8.01. The number of anilines is 2. The van der Waals surface area contributed by atoms with Crippen molar-refractivity contribution in [3.05, 3.63) is 24.3 Å². The monoisotopic (exact) mass is 257 g/mol. The summed E-state index contributed by atoms with van der Waals surface area (Å²) in [5.41, 5.74) is 6.81. The fourth-order valence-electron chi connectivity index (χ4n) is 1.53. The van der Waals surface area contributed by atoms with Crippen LogP contribution in [0.3, 0.4) is 0 Å². The number of benzene rings is 1. The summed E-state index contributed by atoms with van der Waals surface area (Å²) >= 11 is 0. The van der Waals surface area contributed by atoms with E-state index in [-0.39, 0.29) is 0 Å². The summed E-state index contributed by atoms with van der Waals surface area (Å²) in [7, 11) is -3.48. The quantitative estimate of drug-likeness (QED) is 0.755. The maximum Gasteiger partial charge on any atom is 0.301 e. The third-order valence-electron chi connectivity index (χ3n) is 2.20. The van der Waals surface area contributed by atoms with E-state index < -0.39 is 10.2 Å². The van der Waals surface area contributed by atoms with E-state index in [4.69, 9.17) is 5.73 Å². The van der Waals surface area contributed by atoms with Gasteiger partial charge in [-0.25, -0.2) is 0 Å². The Labute approximate surface area is 103 Å². The number of hydrogen-bond donors (Lipinski definition) is 2. The van der Waals surface area contributed by atoms with Crippen molar-refractivity contribution in [1.29, 1.82) is 0 Å². The second kappa shape index (κ2) is 5.88. The van der Waals surface area contributed by atoms with Crippen molar-refractivity contribution in [1.82, 2.24) is 4.72 Å². The lowest BCUT2D eigenvalue weighted by Crippen LogP contribution is -2.41. The summed E-state index contributed by atoms with van der Waals surface area (Å²) in [6, 6.07) is 6.87. The van der Waals surface area contributed by atoms with Crippen LogP contribution in [0.15, 0.2) is 24.3 Å². The molecular formula is C11H19N3O2S. The van der Waals surface area contributed by atoms with Gasteiger partial charge in [0.1, 0.15) is 0 Å². The molecule has 17 heavy (non-hydrogen) atoms. The highest BCUT2D eigenvalue weighted by atomic mass is 32.2. The maximum absolute atomic E-state index is 12.0. The Morgan fingerprint density at radius 1 is 1.35 bits per heavy atom. The van der Waals surface area contributed by atoms with Gasteiger partial charge in [0, 0.05) is 18.8 Å². The van der Waals surface area contributed by atoms with Crippen molar-refractivity contribution >= 4 is 21.6 Å². The summed E-state index contributed by atoms with van der Waals surface area (Å²) in [6.07, 6.45) is 0.736. The predicted octanol–water partition coefficient (Wildman–Crippen LogP) is 1.34. The van der Waals surface area contributed by atoms with Gasteiger partial charge in [-0.1, -0.05) is 19.9 Å². The van der Waals surface area contributed by atoms with Crippen LogP contribution in [0.1, 0.15) is 20.3 Å². The lowest BCUT2D eigenvalue weighted by molar-refractivity contribution is 0.578. The molecule has 0 aliphatic heterocycles. The van der Waals surface area contributed by atoms with Crippen molar-refractivity contribution in [2.24, 2.45) is 0 Å². The van der Waals surface area contributed by atoms with E-state index in [1.807, 2.05) is 6.92 Å². The fourth-order valence-corrected chi connectivity index (χ4v) is 2.87. The predicted molar refractivity (Wildman–Crippen MR) is 71.1 cm³/mol. The van der Waals surface area contributed by atoms with Crippen LogP contribution in [0, 0.1) is 0 Å². The van der Waals surface area contributed by atoms with Gasteiger partial charge >= 0.3 is 10.2 Å². The summed E-state index contributed by atoms with van der Waals surface area (Å²) in [5.74, 6) is 0. The van der Waals surface area contributed by atoms with E-state index >= 15 is 0 Å². The number of nitrogen functional groups attached to an aromatic ring is 1. The minimum absolute atomic E-state index is 0.366. The van der Waals surface area contributed by atoms with Gasteiger partial charge in [-0.15, -0.1) is 0 Å². The molecule has 0 amide bonds. The highest BCUT2D eigenvalue weighted by Crippen LogP contribution is 2.20. The summed E-state index contributed by atoms with van der Waals surface area (Å²) in [5, 5.41) is 0. The lowest BCUT2D eigenvalue weighted by atomic mass is 10.3. The Kier molecular flexibility index (Phi) is 4.77. The van der Waals surface area contributed by atoms with Gasteiger partial charge < -0.3 is 5.73 Å². The van der Waals surface area contributed by atoms with Gasteiger partial charge in [0.05, 0.1) is 5.69 Å². The lowest BCUT2D eigenvalue weighted by Gasteiger charge is -2.24. The molecule has 0 aromatic heterocycles. The van der Waals surface area contributed by atoms with E-state index in [2.05, 4.69) is 4.72 Å². The minimum atomic E-state index is -3.48. The molecule has 6 heteroatoms. The zero-order chi connectivity index (χ0) is 12.9. The summed E-state index contributed by atoms with van der Waals surface area (Å²) < 4.78 is 27.8. The first-order valence-electron chi connectivity index (χ1n) is 5.64. The molecule has 0 atom stereocenters. The van der Waals surface area contributed by atoms with Gasteiger partial charge in [0.15, 0.2) is 0 Å². The van der Waals surface area contributed by atoms with E-state index in [9.17, 15) is 8.42 Å². The number of nitrogens with zero attached hydrogens (tertiary/aromatic N) is 1. The molecule has 1 aromatic rings. The molecule has 3 N–H and O–H groups in total. The molecule has 0 fully saturated rings. The zero-order valence-corrected chi connectivity index (χ0v) is 11.0. The van der Waals surface area contributed by atoms with Gasteiger partial charge in [-0.2, -0.15) is 13.1 Å². The van der Waals surface area contributed by atoms with Crippen molar-refractivity contribution in [3.63, 3.8) is 0 Å². The number of nitrogens with one attached hydrogen (secondary N) is 1. The second-order valence-electron chi connectivity index (χ2n) is 3.67. The molecule has 5 nitrogen and oxygen atoms in total. The van der Waals surface area contributed by atoms with Crippen LogP contribution in [0.25, 0.3) is 0 Å². The number of nitrogens with two attached hydrogens (primary N) is 1. The molecule has 1 aromatic carbocycles. The third kappa shape index (κ3) is 3.61. The van der Waals surface area contributed by atoms with E-state index in [1.165, 1.54) is 4.31 Å². The third-order valence-corrected chi connectivity index (χ3v) is 3.83. The van der Waals surface area contributed by atoms with Gasteiger partial charge in [-0.05, 0) is 24.6 Å². The first-order valence-corrected chi connectivity index (χ1v) is 7.08. The molecule has 0 unspecified atom stereocenters. The van der Waals surface area contributed by atoms with Crippen LogP contribution in [0.2, 0.25) is 0 Å². The van der Waals surface area contributed by atoms with Crippen LogP contribution in [0.4, 0.5) is 11.4 Å². The Bertz CT molecular complexity index is 460. The van der Waals surface area contributed by atoms with Crippen molar-refractivity contribution in [2.75, 3.05) is 23.1 Å². The normalized spacial score (nSPS) is 11.4. The molecule has 0 heterocycles. The van der Waals surface area contributed by atoms with Crippen LogP contribution >= 0.6 is 0 Å². The van der Waals surface area contributed by atoms with Crippen molar-refractivity contribution in [2.45, 2.75) is 20.3 Å². The van der Waals surface area contributed by atoms with Crippen molar-refractivity contribution < 1.29 is 8.42 Å². The van der Waals surface area contributed by atoms with Crippen LogP contribution in [-0.2, 0) is 10.2 Å². The molecule has 1 rings (SSSR count). The molecule has 0 aliphatic carbocycles. The van der Waals surface area contributed by atoms with E-state index in [0.717, 1.165) is 6.42 Å². The Morgan fingerprint density at radius 2 is 2.06 bits per heavy atom. The Morgan fingerprint density at radius 3 is 2.59 bits per heavy atom. The average Bonchev–Trinajstić information content (AvgIpc) is 2.25. The van der Waals surface area contributed by atoms with Crippen molar-refractivity contribution in [3.8, 4) is 0 Å². The van der Waals surface area contributed by atoms with Crippen LogP contribution in [-0.4, -0.2) is 21.5 Å². The molecular weight excluding hydrogens is 238 g/mol.